The highest BCUT2D eigenvalue weighted by Gasteiger charge is 2.24. The maximum atomic E-state index is 13.0. The second-order valence-corrected chi connectivity index (χ2v) is 7.46. The lowest BCUT2D eigenvalue weighted by molar-refractivity contribution is 0.0942. The molecule has 3 aromatic rings. The molecule has 1 fully saturated rings. The minimum atomic E-state index is -0.343. The fourth-order valence-electron chi connectivity index (χ4n) is 3.74. The number of aromatic nitrogens is 4. The predicted octanol–water partition coefficient (Wildman–Crippen LogP) is 3.85. The third-order valence-electron chi connectivity index (χ3n) is 5.40. The van der Waals surface area contributed by atoms with Crippen LogP contribution in [-0.2, 0) is 0 Å². The van der Waals surface area contributed by atoms with Crippen LogP contribution in [0.1, 0.15) is 47.7 Å². The van der Waals surface area contributed by atoms with Crippen LogP contribution in [0, 0.1) is 11.7 Å². The lowest BCUT2D eigenvalue weighted by Crippen LogP contribution is -2.31. The summed E-state index contributed by atoms with van der Waals surface area (Å²) in [6.45, 7) is 0.631. The van der Waals surface area contributed by atoms with E-state index in [2.05, 4.69) is 30.6 Å². The van der Waals surface area contributed by atoms with E-state index in [0.29, 0.717) is 35.7 Å². The summed E-state index contributed by atoms with van der Waals surface area (Å²) in [4.78, 5) is 29.3. The van der Waals surface area contributed by atoms with Gasteiger partial charge in [0.15, 0.2) is 5.82 Å². The zero-order valence-electron chi connectivity index (χ0n) is 16.5. The maximum absolute atomic E-state index is 13.0. The van der Waals surface area contributed by atoms with Gasteiger partial charge in [-0.05, 0) is 61.9 Å². The van der Waals surface area contributed by atoms with Crippen molar-refractivity contribution in [3.05, 3.63) is 72.2 Å². The fraction of sp³-hybridized carbons (Fsp3) is 0.318. The van der Waals surface area contributed by atoms with Gasteiger partial charge in [-0.1, -0.05) is 0 Å². The van der Waals surface area contributed by atoms with Gasteiger partial charge in [0.25, 0.3) is 5.91 Å². The molecule has 30 heavy (non-hydrogen) atoms. The molecule has 0 radical (unpaired) electrons. The molecule has 0 atom stereocenters. The Balaban J connectivity index is 1.27. The Morgan fingerprint density at radius 3 is 2.53 bits per heavy atom. The lowest BCUT2D eigenvalue weighted by Gasteiger charge is -2.28. The SMILES string of the molecule is O=C(NCC1CCC(c2ccnc(Nc3cnccn3)n2)CC1)c1ccc(F)cc1. The normalized spacial score (nSPS) is 18.6. The Hall–Kier alpha value is -3.42. The molecule has 1 aliphatic rings. The first kappa shape index (κ1) is 19.9. The molecule has 0 bridgehead atoms. The van der Waals surface area contributed by atoms with Gasteiger partial charge < -0.3 is 10.6 Å². The van der Waals surface area contributed by atoms with Crippen LogP contribution in [0.15, 0.2) is 55.1 Å². The first-order valence-electron chi connectivity index (χ1n) is 10.1. The van der Waals surface area contributed by atoms with Gasteiger partial charge in [0.05, 0.1) is 6.20 Å². The molecule has 1 aliphatic carbocycles. The van der Waals surface area contributed by atoms with Crippen molar-refractivity contribution < 1.29 is 9.18 Å². The molecule has 2 N–H and O–H groups in total. The summed E-state index contributed by atoms with van der Waals surface area (Å²) in [5, 5.41) is 6.05. The second kappa shape index (κ2) is 9.39. The first-order chi connectivity index (χ1) is 14.7. The van der Waals surface area contributed by atoms with Crippen LogP contribution in [0.5, 0.6) is 0 Å². The molecule has 0 spiro atoms. The van der Waals surface area contributed by atoms with Crippen molar-refractivity contribution in [2.45, 2.75) is 31.6 Å². The van der Waals surface area contributed by atoms with Crippen molar-refractivity contribution in [1.29, 1.82) is 0 Å². The number of rotatable bonds is 6. The van der Waals surface area contributed by atoms with E-state index in [0.717, 1.165) is 31.4 Å². The number of hydrogen-bond donors (Lipinski definition) is 2. The molecule has 1 saturated carbocycles. The molecule has 0 aliphatic heterocycles. The van der Waals surface area contributed by atoms with E-state index < -0.39 is 0 Å². The van der Waals surface area contributed by atoms with Crippen molar-refractivity contribution in [2.24, 2.45) is 5.92 Å². The molecule has 2 heterocycles. The van der Waals surface area contributed by atoms with Crippen LogP contribution in [0.3, 0.4) is 0 Å². The van der Waals surface area contributed by atoms with Gasteiger partial charge in [-0.3, -0.25) is 9.78 Å². The quantitative estimate of drug-likeness (QED) is 0.646. The Bertz CT molecular complexity index is 974. The number of halogens is 1. The van der Waals surface area contributed by atoms with Crippen molar-refractivity contribution in [3.63, 3.8) is 0 Å². The Labute approximate surface area is 174 Å². The standard InChI is InChI=1S/C22H23FN6O/c23-18-7-5-17(6-8-18)21(30)27-13-15-1-3-16(4-2-15)19-9-10-26-22(28-19)29-20-14-24-11-12-25-20/h5-12,14-16H,1-4,13H2,(H,27,30)(H,25,26,28,29). The van der Waals surface area contributed by atoms with E-state index in [-0.39, 0.29) is 11.7 Å². The zero-order valence-corrected chi connectivity index (χ0v) is 16.5. The Morgan fingerprint density at radius 2 is 1.80 bits per heavy atom. The smallest absolute Gasteiger partial charge is 0.251 e. The van der Waals surface area contributed by atoms with E-state index in [9.17, 15) is 9.18 Å². The van der Waals surface area contributed by atoms with Gasteiger partial charge in [0.2, 0.25) is 5.95 Å². The number of amides is 1. The number of anilines is 2. The van der Waals surface area contributed by atoms with E-state index in [1.165, 1.54) is 24.3 Å². The fourth-order valence-corrected chi connectivity index (χ4v) is 3.74. The van der Waals surface area contributed by atoms with E-state index >= 15 is 0 Å². The Morgan fingerprint density at radius 1 is 1.00 bits per heavy atom. The van der Waals surface area contributed by atoms with Crippen LogP contribution in [0.25, 0.3) is 0 Å². The van der Waals surface area contributed by atoms with E-state index in [4.69, 9.17) is 0 Å². The number of nitrogens with zero attached hydrogens (tertiary/aromatic N) is 4. The molecule has 8 heteroatoms. The number of benzene rings is 1. The number of carbonyl (C=O) groups is 1. The predicted molar refractivity (Wildman–Crippen MR) is 111 cm³/mol. The number of nitrogens with one attached hydrogen (secondary N) is 2. The third kappa shape index (κ3) is 5.14. The average Bonchev–Trinajstić information content (AvgIpc) is 2.79. The molecule has 154 valence electrons. The van der Waals surface area contributed by atoms with Gasteiger partial charge in [0.1, 0.15) is 5.82 Å². The monoisotopic (exact) mass is 406 g/mol. The molecule has 0 unspecified atom stereocenters. The summed E-state index contributed by atoms with van der Waals surface area (Å²) in [5.74, 6) is 1.43. The summed E-state index contributed by atoms with van der Waals surface area (Å²) in [6, 6.07) is 7.57. The Kier molecular flexibility index (Phi) is 6.22. The minimum absolute atomic E-state index is 0.160. The van der Waals surface area contributed by atoms with Crippen molar-refractivity contribution in [2.75, 3.05) is 11.9 Å². The number of hydrogen-bond acceptors (Lipinski definition) is 6. The number of carbonyl (C=O) groups excluding carboxylic acids is 1. The van der Waals surface area contributed by atoms with Crippen molar-refractivity contribution in [1.82, 2.24) is 25.3 Å². The second-order valence-electron chi connectivity index (χ2n) is 7.46. The highest BCUT2D eigenvalue weighted by Crippen LogP contribution is 2.35. The molecule has 1 amide bonds. The summed E-state index contributed by atoms with van der Waals surface area (Å²) in [7, 11) is 0. The summed E-state index contributed by atoms with van der Waals surface area (Å²) in [5.41, 5.74) is 1.50. The van der Waals surface area contributed by atoms with Gasteiger partial charge in [-0.25, -0.2) is 19.3 Å². The maximum Gasteiger partial charge on any atom is 0.251 e. The molecular weight excluding hydrogens is 383 g/mol. The summed E-state index contributed by atoms with van der Waals surface area (Å²) < 4.78 is 13.0. The van der Waals surface area contributed by atoms with Crippen LogP contribution in [0.4, 0.5) is 16.2 Å². The lowest BCUT2D eigenvalue weighted by atomic mass is 9.80. The zero-order chi connectivity index (χ0) is 20.8. The average molecular weight is 406 g/mol. The molecule has 7 nitrogen and oxygen atoms in total. The highest BCUT2D eigenvalue weighted by atomic mass is 19.1. The highest BCUT2D eigenvalue weighted by molar-refractivity contribution is 5.94. The van der Waals surface area contributed by atoms with Crippen LogP contribution >= 0.6 is 0 Å². The van der Waals surface area contributed by atoms with Crippen molar-refractivity contribution >= 4 is 17.7 Å². The topological polar surface area (TPSA) is 92.7 Å². The molecule has 2 aromatic heterocycles. The largest absolute Gasteiger partial charge is 0.352 e. The third-order valence-corrected chi connectivity index (χ3v) is 5.40. The minimum Gasteiger partial charge on any atom is -0.352 e. The van der Waals surface area contributed by atoms with Crippen LogP contribution in [0.2, 0.25) is 0 Å². The molecule has 1 aromatic carbocycles. The molecule has 4 rings (SSSR count). The van der Waals surface area contributed by atoms with Crippen LogP contribution < -0.4 is 10.6 Å². The van der Waals surface area contributed by atoms with Crippen LogP contribution in [-0.4, -0.2) is 32.4 Å². The van der Waals surface area contributed by atoms with Gasteiger partial charge in [0, 0.05) is 42.3 Å². The summed E-state index contributed by atoms with van der Waals surface area (Å²) >= 11 is 0. The van der Waals surface area contributed by atoms with Crippen molar-refractivity contribution in [3.8, 4) is 0 Å². The van der Waals surface area contributed by atoms with Gasteiger partial charge >= 0.3 is 0 Å². The first-order valence-corrected chi connectivity index (χ1v) is 10.1. The van der Waals surface area contributed by atoms with E-state index in [1.54, 1.807) is 24.8 Å². The van der Waals surface area contributed by atoms with Gasteiger partial charge in [-0.15, -0.1) is 0 Å². The van der Waals surface area contributed by atoms with E-state index in [1.807, 2.05) is 6.07 Å². The van der Waals surface area contributed by atoms with Gasteiger partial charge in [-0.2, -0.15) is 0 Å². The molecule has 0 saturated heterocycles. The summed E-state index contributed by atoms with van der Waals surface area (Å²) in [6.07, 6.45) is 10.7. The molecular formula is C22H23FN6O.